The lowest BCUT2D eigenvalue weighted by molar-refractivity contribution is 0.463. The first kappa shape index (κ1) is 15.5. The summed E-state index contributed by atoms with van der Waals surface area (Å²) in [7, 11) is 0. The number of piperidine rings is 1. The van der Waals surface area contributed by atoms with Crippen molar-refractivity contribution in [2.75, 3.05) is 18.0 Å². The van der Waals surface area contributed by atoms with Crippen LogP contribution >= 0.6 is 0 Å². The van der Waals surface area contributed by atoms with Gasteiger partial charge in [-0.1, -0.05) is 0 Å². The van der Waals surface area contributed by atoms with Gasteiger partial charge in [0.1, 0.15) is 23.8 Å². The monoisotopic (exact) mass is 350 g/mol. The van der Waals surface area contributed by atoms with Gasteiger partial charge in [-0.3, -0.25) is 9.55 Å². The van der Waals surface area contributed by atoms with E-state index in [1.807, 2.05) is 30.2 Å². The minimum atomic E-state index is 0.487. The van der Waals surface area contributed by atoms with Gasteiger partial charge in [0.15, 0.2) is 5.82 Å². The molecule has 4 heterocycles. The van der Waals surface area contributed by atoms with Gasteiger partial charge in [-0.15, -0.1) is 10.2 Å². The second kappa shape index (κ2) is 6.19. The van der Waals surface area contributed by atoms with Crippen molar-refractivity contribution in [1.82, 2.24) is 34.3 Å². The molecule has 0 N–H and O–H groups in total. The van der Waals surface area contributed by atoms with E-state index in [0.717, 1.165) is 43.4 Å². The zero-order valence-corrected chi connectivity index (χ0v) is 14.9. The van der Waals surface area contributed by atoms with E-state index in [1.165, 1.54) is 18.7 Å². The fraction of sp³-hybridized carbons (Fsp3) is 0.500. The molecule has 2 aliphatic rings. The molecular formula is C18H22N8. The summed E-state index contributed by atoms with van der Waals surface area (Å²) in [6.07, 6.45) is 13.9. The number of hydrogen-bond donors (Lipinski definition) is 0. The van der Waals surface area contributed by atoms with Crippen molar-refractivity contribution in [1.29, 1.82) is 0 Å². The molecule has 1 aliphatic carbocycles. The topological polar surface area (TPSA) is 77.5 Å². The molecule has 0 atom stereocenters. The molecule has 26 heavy (non-hydrogen) atoms. The quantitative estimate of drug-likeness (QED) is 0.718. The smallest absolute Gasteiger partial charge is 0.159 e. The molecule has 2 fully saturated rings. The highest BCUT2D eigenvalue weighted by atomic mass is 15.3. The number of imidazole rings is 1. The summed E-state index contributed by atoms with van der Waals surface area (Å²) in [6, 6.07) is 0.638. The second-order valence-corrected chi connectivity index (χ2v) is 7.17. The van der Waals surface area contributed by atoms with Crippen LogP contribution in [0.2, 0.25) is 0 Å². The van der Waals surface area contributed by atoms with E-state index in [2.05, 4.69) is 29.6 Å². The van der Waals surface area contributed by atoms with Crippen LogP contribution in [0.15, 0.2) is 31.1 Å². The molecule has 0 aromatic carbocycles. The third kappa shape index (κ3) is 2.75. The van der Waals surface area contributed by atoms with Gasteiger partial charge in [-0.25, -0.2) is 9.97 Å². The molecule has 5 rings (SSSR count). The van der Waals surface area contributed by atoms with Crippen LogP contribution < -0.4 is 4.90 Å². The lowest BCUT2D eigenvalue weighted by atomic mass is 9.96. The summed E-state index contributed by atoms with van der Waals surface area (Å²) in [5, 5.41) is 8.57. The Labute approximate surface area is 151 Å². The number of aromatic nitrogens is 7. The fourth-order valence-corrected chi connectivity index (χ4v) is 3.78. The van der Waals surface area contributed by atoms with Gasteiger partial charge in [0.25, 0.3) is 0 Å². The molecule has 0 amide bonds. The molecule has 1 aliphatic heterocycles. The number of aryl methyl sites for hydroxylation is 1. The first-order valence-electron chi connectivity index (χ1n) is 9.26. The molecule has 0 unspecified atom stereocenters. The molecule has 134 valence electrons. The Morgan fingerprint density at radius 3 is 2.58 bits per heavy atom. The minimum absolute atomic E-state index is 0.487. The van der Waals surface area contributed by atoms with Crippen LogP contribution in [0, 0.1) is 6.92 Å². The number of rotatable bonds is 4. The summed E-state index contributed by atoms with van der Waals surface area (Å²) >= 11 is 0. The maximum atomic E-state index is 4.80. The first-order chi connectivity index (χ1) is 12.8. The zero-order valence-electron chi connectivity index (χ0n) is 14.9. The van der Waals surface area contributed by atoms with Gasteiger partial charge in [0.05, 0.1) is 12.4 Å². The Kier molecular flexibility index (Phi) is 3.69. The SMILES string of the molecule is Cc1nccn1-c1cncc(N2CCC(c3nncn3C3CC3)CC2)n1. The van der Waals surface area contributed by atoms with Crippen molar-refractivity contribution in [3.8, 4) is 5.82 Å². The molecule has 0 bridgehead atoms. The molecule has 1 saturated carbocycles. The van der Waals surface area contributed by atoms with E-state index in [4.69, 9.17) is 4.98 Å². The van der Waals surface area contributed by atoms with Crippen molar-refractivity contribution in [3.63, 3.8) is 0 Å². The van der Waals surface area contributed by atoms with Crippen LogP contribution in [0.1, 0.15) is 49.3 Å². The van der Waals surface area contributed by atoms with Crippen molar-refractivity contribution in [2.24, 2.45) is 0 Å². The average molecular weight is 350 g/mol. The lowest BCUT2D eigenvalue weighted by Gasteiger charge is -2.32. The van der Waals surface area contributed by atoms with E-state index in [9.17, 15) is 0 Å². The van der Waals surface area contributed by atoms with E-state index in [-0.39, 0.29) is 0 Å². The largest absolute Gasteiger partial charge is 0.355 e. The molecule has 0 radical (unpaired) electrons. The number of anilines is 1. The Balaban J connectivity index is 1.31. The highest BCUT2D eigenvalue weighted by Gasteiger charge is 2.31. The first-order valence-corrected chi connectivity index (χ1v) is 9.26. The molecule has 3 aromatic heterocycles. The third-order valence-corrected chi connectivity index (χ3v) is 5.41. The maximum absolute atomic E-state index is 4.80. The van der Waals surface area contributed by atoms with Crippen molar-refractivity contribution in [3.05, 3.63) is 42.8 Å². The van der Waals surface area contributed by atoms with E-state index in [1.54, 1.807) is 12.4 Å². The van der Waals surface area contributed by atoms with Crippen LogP contribution in [0.5, 0.6) is 0 Å². The molecule has 8 nitrogen and oxygen atoms in total. The second-order valence-electron chi connectivity index (χ2n) is 7.17. The summed E-state index contributed by atoms with van der Waals surface area (Å²) in [4.78, 5) is 15.8. The van der Waals surface area contributed by atoms with Gasteiger partial charge in [-0.05, 0) is 32.6 Å². The number of nitrogens with zero attached hydrogens (tertiary/aromatic N) is 8. The molecule has 3 aromatic rings. The Hall–Kier alpha value is -2.77. The Morgan fingerprint density at radius 1 is 1.04 bits per heavy atom. The van der Waals surface area contributed by atoms with E-state index in [0.29, 0.717) is 12.0 Å². The summed E-state index contributed by atoms with van der Waals surface area (Å²) < 4.78 is 4.25. The summed E-state index contributed by atoms with van der Waals surface area (Å²) in [5.41, 5.74) is 0. The zero-order chi connectivity index (χ0) is 17.5. The van der Waals surface area contributed by atoms with Gasteiger partial charge in [-0.2, -0.15) is 0 Å². The predicted octanol–water partition coefficient (Wildman–Crippen LogP) is 2.28. The highest BCUT2D eigenvalue weighted by molar-refractivity contribution is 5.40. The summed E-state index contributed by atoms with van der Waals surface area (Å²) in [6.45, 7) is 3.89. The van der Waals surface area contributed by atoms with Crippen LogP contribution in [-0.2, 0) is 0 Å². The standard InChI is InChI=1S/C18H22N8/c1-13-20-6-9-25(13)17-11-19-10-16(22-17)24-7-4-14(5-8-24)18-23-21-12-26(18)15-2-3-15/h6,9-12,14-15H,2-5,7-8H2,1H3. The van der Waals surface area contributed by atoms with Crippen LogP contribution in [-0.4, -0.2) is 47.4 Å². The van der Waals surface area contributed by atoms with Gasteiger partial charge >= 0.3 is 0 Å². The molecular weight excluding hydrogens is 328 g/mol. The predicted molar refractivity (Wildman–Crippen MR) is 96.4 cm³/mol. The average Bonchev–Trinajstić information content (AvgIpc) is 3.24. The Morgan fingerprint density at radius 2 is 1.85 bits per heavy atom. The Bertz CT molecular complexity index is 901. The number of hydrogen-bond acceptors (Lipinski definition) is 6. The highest BCUT2D eigenvalue weighted by Crippen LogP contribution is 2.38. The van der Waals surface area contributed by atoms with Gasteiger partial charge in [0.2, 0.25) is 0 Å². The van der Waals surface area contributed by atoms with Gasteiger partial charge in [0, 0.05) is 37.4 Å². The van der Waals surface area contributed by atoms with Crippen LogP contribution in [0.4, 0.5) is 5.82 Å². The van der Waals surface area contributed by atoms with Crippen molar-refractivity contribution in [2.45, 2.75) is 44.6 Å². The van der Waals surface area contributed by atoms with Crippen LogP contribution in [0.25, 0.3) is 5.82 Å². The normalized spacial score (nSPS) is 18.4. The summed E-state index contributed by atoms with van der Waals surface area (Å²) in [5.74, 6) is 4.31. The lowest BCUT2D eigenvalue weighted by Crippen LogP contribution is -2.34. The van der Waals surface area contributed by atoms with Crippen molar-refractivity contribution >= 4 is 5.82 Å². The molecule has 8 heteroatoms. The van der Waals surface area contributed by atoms with Crippen molar-refractivity contribution < 1.29 is 0 Å². The fourth-order valence-electron chi connectivity index (χ4n) is 3.78. The maximum Gasteiger partial charge on any atom is 0.159 e. The minimum Gasteiger partial charge on any atom is -0.355 e. The molecule has 0 spiro atoms. The van der Waals surface area contributed by atoms with Crippen LogP contribution in [0.3, 0.4) is 0 Å². The van der Waals surface area contributed by atoms with Gasteiger partial charge < -0.3 is 9.47 Å². The van der Waals surface area contributed by atoms with E-state index >= 15 is 0 Å². The van der Waals surface area contributed by atoms with E-state index < -0.39 is 0 Å². The third-order valence-electron chi connectivity index (χ3n) is 5.41. The molecule has 1 saturated heterocycles.